The van der Waals surface area contributed by atoms with E-state index in [-0.39, 0.29) is 17.4 Å². The topological polar surface area (TPSA) is 95.6 Å². The zero-order valence-corrected chi connectivity index (χ0v) is 11.4. The number of benzene rings is 1. The Morgan fingerprint density at radius 1 is 1.32 bits per heavy atom. The summed E-state index contributed by atoms with van der Waals surface area (Å²) >= 11 is 0. The molecular formula is C14H22N2O3. The van der Waals surface area contributed by atoms with Gasteiger partial charge in [0.15, 0.2) is 11.5 Å². The Hall–Kier alpha value is -1.75. The number of carbonyl (C=O) groups is 1. The van der Waals surface area contributed by atoms with Gasteiger partial charge < -0.3 is 21.3 Å². The van der Waals surface area contributed by atoms with Crippen molar-refractivity contribution < 1.29 is 15.0 Å². The summed E-state index contributed by atoms with van der Waals surface area (Å²) in [6.07, 6.45) is 1.24. The zero-order valence-electron chi connectivity index (χ0n) is 11.4. The maximum Gasteiger partial charge on any atom is 0.236 e. The predicted octanol–water partition coefficient (Wildman–Crippen LogP) is 1.13. The monoisotopic (exact) mass is 266 g/mol. The number of phenols is 2. The van der Waals surface area contributed by atoms with Crippen molar-refractivity contribution in [2.45, 2.75) is 32.7 Å². The highest BCUT2D eigenvalue weighted by molar-refractivity contribution is 5.81. The predicted molar refractivity (Wildman–Crippen MR) is 73.9 cm³/mol. The van der Waals surface area contributed by atoms with Gasteiger partial charge in [-0.2, -0.15) is 0 Å². The highest BCUT2D eigenvalue weighted by Gasteiger charge is 2.14. The molecule has 1 rings (SSSR count). The minimum Gasteiger partial charge on any atom is -0.504 e. The highest BCUT2D eigenvalue weighted by Crippen LogP contribution is 2.24. The molecule has 0 heterocycles. The van der Waals surface area contributed by atoms with Gasteiger partial charge in [0, 0.05) is 6.54 Å². The number of phenolic OH excluding ortho intramolecular Hbond substituents is 2. The van der Waals surface area contributed by atoms with Crippen LogP contribution in [-0.2, 0) is 11.2 Å². The van der Waals surface area contributed by atoms with E-state index in [1.165, 1.54) is 12.1 Å². The average molecular weight is 266 g/mol. The van der Waals surface area contributed by atoms with Gasteiger partial charge >= 0.3 is 0 Å². The lowest BCUT2D eigenvalue weighted by molar-refractivity contribution is -0.122. The van der Waals surface area contributed by atoms with Crippen molar-refractivity contribution >= 4 is 5.91 Å². The summed E-state index contributed by atoms with van der Waals surface area (Å²) in [4.78, 5) is 11.7. The fourth-order valence-corrected chi connectivity index (χ4v) is 1.80. The number of hydrogen-bond acceptors (Lipinski definition) is 4. The molecule has 1 unspecified atom stereocenters. The fourth-order valence-electron chi connectivity index (χ4n) is 1.80. The van der Waals surface area contributed by atoms with Crippen LogP contribution >= 0.6 is 0 Å². The van der Waals surface area contributed by atoms with Gasteiger partial charge in [0.1, 0.15) is 0 Å². The molecule has 1 amide bonds. The molecule has 5 N–H and O–H groups in total. The molecule has 0 aliphatic carbocycles. The molecule has 0 aliphatic heterocycles. The summed E-state index contributed by atoms with van der Waals surface area (Å²) < 4.78 is 0. The molecule has 5 heteroatoms. The van der Waals surface area contributed by atoms with Gasteiger partial charge in [0.25, 0.3) is 0 Å². The molecule has 0 fully saturated rings. The van der Waals surface area contributed by atoms with Crippen LogP contribution in [0.2, 0.25) is 0 Å². The van der Waals surface area contributed by atoms with E-state index in [1.807, 2.05) is 13.8 Å². The fraction of sp³-hybridized carbons (Fsp3) is 0.500. The van der Waals surface area contributed by atoms with Gasteiger partial charge in [-0.15, -0.1) is 0 Å². The van der Waals surface area contributed by atoms with Crippen LogP contribution in [0.25, 0.3) is 0 Å². The van der Waals surface area contributed by atoms with Crippen molar-refractivity contribution in [2.24, 2.45) is 11.7 Å². The molecule has 1 aromatic rings. The Morgan fingerprint density at radius 3 is 2.58 bits per heavy atom. The minimum absolute atomic E-state index is 0.147. The second-order valence-corrected chi connectivity index (χ2v) is 5.10. The van der Waals surface area contributed by atoms with Crippen molar-refractivity contribution in [3.63, 3.8) is 0 Å². The summed E-state index contributed by atoms with van der Waals surface area (Å²) in [5.41, 5.74) is 6.60. The van der Waals surface area contributed by atoms with Crippen LogP contribution in [-0.4, -0.2) is 28.7 Å². The second-order valence-electron chi connectivity index (χ2n) is 5.10. The van der Waals surface area contributed by atoms with E-state index < -0.39 is 6.04 Å². The molecule has 5 nitrogen and oxygen atoms in total. The molecule has 0 aromatic heterocycles. The van der Waals surface area contributed by atoms with E-state index in [9.17, 15) is 15.0 Å². The standard InChI is InChI=1S/C14H22N2O3/c1-9(2)7-11(15)14(19)16-6-5-10-3-4-12(17)13(18)8-10/h3-4,8-9,11,17-18H,5-7,15H2,1-2H3,(H,16,19). The third kappa shape index (κ3) is 5.18. The highest BCUT2D eigenvalue weighted by atomic mass is 16.3. The first-order chi connectivity index (χ1) is 8.90. The summed E-state index contributed by atoms with van der Waals surface area (Å²) in [5.74, 6) is -0.0708. The van der Waals surface area contributed by atoms with Gasteiger partial charge in [-0.05, 0) is 36.5 Å². The number of carbonyl (C=O) groups excluding carboxylic acids is 1. The smallest absolute Gasteiger partial charge is 0.236 e. The normalized spacial score (nSPS) is 12.4. The number of amides is 1. The van der Waals surface area contributed by atoms with E-state index in [4.69, 9.17) is 5.73 Å². The Bertz CT molecular complexity index is 433. The largest absolute Gasteiger partial charge is 0.504 e. The van der Waals surface area contributed by atoms with Gasteiger partial charge in [0.2, 0.25) is 5.91 Å². The van der Waals surface area contributed by atoms with E-state index in [2.05, 4.69) is 5.32 Å². The number of nitrogens with two attached hydrogens (primary N) is 1. The van der Waals surface area contributed by atoms with Gasteiger partial charge in [0.05, 0.1) is 6.04 Å². The molecule has 0 aliphatic rings. The molecule has 0 radical (unpaired) electrons. The summed E-state index contributed by atoms with van der Waals surface area (Å²) in [5, 5.41) is 21.3. The van der Waals surface area contributed by atoms with Crippen LogP contribution < -0.4 is 11.1 Å². The van der Waals surface area contributed by atoms with Crippen molar-refractivity contribution in [2.75, 3.05) is 6.54 Å². The Kier molecular flexibility index (Phi) is 5.63. The van der Waals surface area contributed by atoms with Crippen LogP contribution in [0.1, 0.15) is 25.8 Å². The van der Waals surface area contributed by atoms with Gasteiger partial charge in [-0.1, -0.05) is 19.9 Å². The van der Waals surface area contributed by atoms with Crippen molar-refractivity contribution in [1.82, 2.24) is 5.32 Å². The molecule has 0 saturated carbocycles. The van der Waals surface area contributed by atoms with Gasteiger partial charge in [-0.3, -0.25) is 4.79 Å². The molecule has 0 spiro atoms. The lowest BCUT2D eigenvalue weighted by Gasteiger charge is -2.14. The molecule has 19 heavy (non-hydrogen) atoms. The third-order valence-corrected chi connectivity index (χ3v) is 2.81. The average Bonchev–Trinajstić information content (AvgIpc) is 2.32. The van der Waals surface area contributed by atoms with E-state index in [0.717, 1.165) is 5.56 Å². The van der Waals surface area contributed by atoms with Crippen LogP contribution in [0.3, 0.4) is 0 Å². The van der Waals surface area contributed by atoms with E-state index >= 15 is 0 Å². The first kappa shape index (κ1) is 15.3. The van der Waals surface area contributed by atoms with Gasteiger partial charge in [-0.25, -0.2) is 0 Å². The lowest BCUT2D eigenvalue weighted by Crippen LogP contribution is -2.42. The van der Waals surface area contributed by atoms with E-state index in [1.54, 1.807) is 6.07 Å². The SMILES string of the molecule is CC(C)CC(N)C(=O)NCCc1ccc(O)c(O)c1. The number of nitrogens with one attached hydrogen (secondary N) is 1. The summed E-state index contributed by atoms with van der Waals surface area (Å²) in [7, 11) is 0. The Morgan fingerprint density at radius 2 is 2.00 bits per heavy atom. The molecule has 106 valence electrons. The minimum atomic E-state index is -0.478. The third-order valence-electron chi connectivity index (χ3n) is 2.81. The van der Waals surface area contributed by atoms with Crippen molar-refractivity contribution in [1.29, 1.82) is 0 Å². The van der Waals surface area contributed by atoms with Crippen LogP contribution in [0.15, 0.2) is 18.2 Å². The molecule has 1 atom stereocenters. The second kappa shape index (κ2) is 6.99. The number of rotatable bonds is 6. The summed E-state index contributed by atoms with van der Waals surface area (Å²) in [6, 6.07) is 4.13. The zero-order chi connectivity index (χ0) is 14.4. The molecule has 0 bridgehead atoms. The van der Waals surface area contributed by atoms with Crippen LogP contribution in [0.4, 0.5) is 0 Å². The molecule has 1 aromatic carbocycles. The molecule has 0 saturated heterocycles. The molecular weight excluding hydrogens is 244 g/mol. The number of aromatic hydroxyl groups is 2. The quantitative estimate of drug-likeness (QED) is 0.580. The number of hydrogen-bond donors (Lipinski definition) is 4. The van der Waals surface area contributed by atoms with Crippen LogP contribution in [0, 0.1) is 5.92 Å². The summed E-state index contributed by atoms with van der Waals surface area (Å²) in [6.45, 7) is 4.49. The Labute approximate surface area is 113 Å². The first-order valence-electron chi connectivity index (χ1n) is 6.44. The maximum absolute atomic E-state index is 11.7. The first-order valence-corrected chi connectivity index (χ1v) is 6.44. The lowest BCUT2D eigenvalue weighted by atomic mass is 10.0. The van der Waals surface area contributed by atoms with Crippen LogP contribution in [0.5, 0.6) is 11.5 Å². The maximum atomic E-state index is 11.7. The Balaban J connectivity index is 2.37. The van der Waals surface area contributed by atoms with E-state index in [0.29, 0.717) is 25.3 Å². The van der Waals surface area contributed by atoms with Crippen molar-refractivity contribution in [3.8, 4) is 11.5 Å². The van der Waals surface area contributed by atoms with Crippen molar-refractivity contribution in [3.05, 3.63) is 23.8 Å².